The van der Waals surface area contributed by atoms with E-state index in [1.807, 2.05) is 0 Å². The lowest BCUT2D eigenvalue weighted by molar-refractivity contribution is 0.101. The number of rotatable bonds is 3. The van der Waals surface area contributed by atoms with Crippen molar-refractivity contribution in [2.24, 2.45) is 0 Å². The highest BCUT2D eigenvalue weighted by atomic mass is 32.1. The molecule has 7 nitrogen and oxygen atoms in total. The Morgan fingerprint density at radius 3 is 3.12 bits per heavy atom. The van der Waals surface area contributed by atoms with Crippen LogP contribution in [0.4, 0.5) is 0 Å². The number of hydrogen-bond donors (Lipinski definition) is 0. The summed E-state index contributed by atoms with van der Waals surface area (Å²) in [4.78, 5) is 8.25. The molecule has 132 valence electrons. The van der Waals surface area contributed by atoms with E-state index in [4.69, 9.17) is 4.74 Å². The Morgan fingerprint density at radius 2 is 2.24 bits per heavy atom. The minimum atomic E-state index is 0.135. The normalized spacial score (nSPS) is 21.7. The maximum atomic E-state index is 5.82. The number of ether oxygens (including phenoxy) is 1. The van der Waals surface area contributed by atoms with Crippen molar-refractivity contribution in [3.8, 4) is 0 Å². The van der Waals surface area contributed by atoms with Gasteiger partial charge in [-0.05, 0) is 19.8 Å². The average Bonchev–Trinajstić information content (AvgIpc) is 3.35. The van der Waals surface area contributed by atoms with Gasteiger partial charge >= 0.3 is 0 Å². The average molecular weight is 358 g/mol. The van der Waals surface area contributed by atoms with Crippen LogP contribution in [-0.4, -0.2) is 48.7 Å². The van der Waals surface area contributed by atoms with Crippen molar-refractivity contribution in [1.29, 1.82) is 0 Å². The smallest absolute Gasteiger partial charge is 0.194 e. The second-order valence-corrected chi connectivity index (χ2v) is 7.73. The number of hydrogen-bond acceptors (Lipinski definition) is 6. The van der Waals surface area contributed by atoms with Crippen molar-refractivity contribution in [3.63, 3.8) is 0 Å². The SMILES string of the molecule is Cc1nc2sccn2c1CN1CCc2nnc(C3CCCO3)n2CC1. The molecule has 0 radical (unpaired) electrons. The molecule has 3 aromatic rings. The summed E-state index contributed by atoms with van der Waals surface area (Å²) in [5, 5.41) is 11.0. The van der Waals surface area contributed by atoms with Gasteiger partial charge in [0.05, 0.1) is 11.4 Å². The van der Waals surface area contributed by atoms with Crippen LogP contribution in [0.15, 0.2) is 11.6 Å². The Balaban J connectivity index is 1.35. The second-order valence-electron chi connectivity index (χ2n) is 6.85. The summed E-state index contributed by atoms with van der Waals surface area (Å²) in [7, 11) is 0. The number of nitrogens with zero attached hydrogens (tertiary/aromatic N) is 6. The van der Waals surface area contributed by atoms with Gasteiger partial charge in [0.25, 0.3) is 0 Å². The highest BCUT2D eigenvalue weighted by Gasteiger charge is 2.27. The summed E-state index contributed by atoms with van der Waals surface area (Å²) >= 11 is 1.69. The van der Waals surface area contributed by atoms with Crippen LogP contribution in [0.1, 0.15) is 42.0 Å². The summed E-state index contributed by atoms with van der Waals surface area (Å²) in [6, 6.07) is 0. The minimum Gasteiger partial charge on any atom is -0.370 e. The van der Waals surface area contributed by atoms with Crippen molar-refractivity contribution in [1.82, 2.24) is 29.0 Å². The van der Waals surface area contributed by atoms with Crippen LogP contribution in [0.2, 0.25) is 0 Å². The standard InChI is InChI=1S/C17H22N6OS/c1-12-13(22-8-10-25-17(22)18-12)11-21-5-4-15-19-20-16(23(15)7-6-21)14-3-2-9-24-14/h8,10,14H,2-7,9,11H2,1H3. The summed E-state index contributed by atoms with van der Waals surface area (Å²) in [5.41, 5.74) is 2.43. The van der Waals surface area contributed by atoms with E-state index in [1.54, 1.807) is 11.3 Å². The van der Waals surface area contributed by atoms with Crippen LogP contribution in [0.5, 0.6) is 0 Å². The largest absolute Gasteiger partial charge is 0.370 e. The van der Waals surface area contributed by atoms with E-state index in [1.165, 1.54) is 5.69 Å². The molecule has 0 amide bonds. The fraction of sp³-hybridized carbons (Fsp3) is 0.588. The first-order valence-corrected chi connectivity index (χ1v) is 9.84. The molecule has 8 heteroatoms. The molecule has 25 heavy (non-hydrogen) atoms. The Morgan fingerprint density at radius 1 is 1.28 bits per heavy atom. The molecular formula is C17H22N6OS. The zero-order chi connectivity index (χ0) is 16.8. The lowest BCUT2D eigenvalue weighted by Crippen LogP contribution is -2.27. The number of aryl methyl sites for hydroxylation is 1. The third kappa shape index (κ3) is 2.68. The minimum absolute atomic E-state index is 0.135. The van der Waals surface area contributed by atoms with Gasteiger partial charge in [-0.25, -0.2) is 4.98 Å². The first kappa shape index (κ1) is 15.5. The third-order valence-electron chi connectivity index (χ3n) is 5.30. The maximum Gasteiger partial charge on any atom is 0.194 e. The molecular weight excluding hydrogens is 336 g/mol. The van der Waals surface area contributed by atoms with E-state index < -0.39 is 0 Å². The van der Waals surface area contributed by atoms with Gasteiger partial charge in [-0.1, -0.05) is 0 Å². The van der Waals surface area contributed by atoms with Gasteiger partial charge in [0.2, 0.25) is 0 Å². The predicted molar refractivity (Wildman–Crippen MR) is 94.7 cm³/mol. The van der Waals surface area contributed by atoms with Gasteiger partial charge in [0.15, 0.2) is 10.8 Å². The number of aromatic nitrogens is 5. The molecule has 1 saturated heterocycles. The third-order valence-corrected chi connectivity index (χ3v) is 6.06. The lowest BCUT2D eigenvalue weighted by Gasteiger charge is -2.20. The molecule has 5 rings (SSSR count). The van der Waals surface area contributed by atoms with Crippen molar-refractivity contribution in [2.45, 2.75) is 45.4 Å². The second kappa shape index (κ2) is 6.19. The molecule has 0 aromatic carbocycles. The van der Waals surface area contributed by atoms with Gasteiger partial charge in [0, 0.05) is 50.8 Å². The summed E-state index contributed by atoms with van der Waals surface area (Å²) in [6.45, 7) is 6.81. The fourth-order valence-electron chi connectivity index (χ4n) is 3.91. The molecule has 1 unspecified atom stereocenters. The number of thiazole rings is 1. The topological polar surface area (TPSA) is 60.5 Å². The molecule has 1 fully saturated rings. The summed E-state index contributed by atoms with van der Waals surface area (Å²) in [5.74, 6) is 2.12. The summed E-state index contributed by atoms with van der Waals surface area (Å²) < 4.78 is 10.3. The van der Waals surface area contributed by atoms with Crippen molar-refractivity contribution >= 4 is 16.3 Å². The summed E-state index contributed by atoms with van der Waals surface area (Å²) in [6.07, 6.45) is 5.38. The molecule has 0 bridgehead atoms. The van der Waals surface area contributed by atoms with E-state index in [0.717, 1.165) is 74.4 Å². The van der Waals surface area contributed by atoms with Crippen LogP contribution < -0.4 is 0 Å². The van der Waals surface area contributed by atoms with E-state index in [2.05, 4.69) is 47.5 Å². The van der Waals surface area contributed by atoms with Crippen molar-refractivity contribution in [2.75, 3.05) is 19.7 Å². The molecule has 0 aliphatic carbocycles. The lowest BCUT2D eigenvalue weighted by atomic mass is 10.2. The van der Waals surface area contributed by atoms with E-state index in [9.17, 15) is 0 Å². The van der Waals surface area contributed by atoms with Crippen molar-refractivity contribution < 1.29 is 4.74 Å². The Bertz CT molecular complexity index is 890. The van der Waals surface area contributed by atoms with Crippen LogP contribution in [0, 0.1) is 6.92 Å². The molecule has 2 aliphatic rings. The monoisotopic (exact) mass is 358 g/mol. The van der Waals surface area contributed by atoms with Gasteiger partial charge < -0.3 is 9.30 Å². The Hall–Kier alpha value is -1.77. The van der Waals surface area contributed by atoms with E-state index in [0.29, 0.717) is 0 Å². The molecule has 0 N–H and O–H groups in total. The van der Waals surface area contributed by atoms with Gasteiger partial charge in [-0.3, -0.25) is 9.30 Å². The van der Waals surface area contributed by atoms with E-state index in [-0.39, 0.29) is 6.10 Å². The predicted octanol–water partition coefficient (Wildman–Crippen LogP) is 2.21. The highest BCUT2D eigenvalue weighted by molar-refractivity contribution is 7.15. The highest BCUT2D eigenvalue weighted by Crippen LogP contribution is 2.28. The molecule has 3 aromatic heterocycles. The molecule has 5 heterocycles. The number of imidazole rings is 1. The fourth-order valence-corrected chi connectivity index (χ4v) is 4.69. The zero-order valence-corrected chi connectivity index (χ0v) is 15.2. The van der Waals surface area contributed by atoms with Crippen LogP contribution in [-0.2, 0) is 24.2 Å². The zero-order valence-electron chi connectivity index (χ0n) is 14.4. The Kier molecular flexibility index (Phi) is 3.83. The van der Waals surface area contributed by atoms with Crippen LogP contribution in [0.25, 0.3) is 4.96 Å². The van der Waals surface area contributed by atoms with Gasteiger partial charge in [-0.2, -0.15) is 0 Å². The molecule has 0 spiro atoms. The maximum absolute atomic E-state index is 5.82. The van der Waals surface area contributed by atoms with Gasteiger partial charge in [0.1, 0.15) is 11.9 Å². The van der Waals surface area contributed by atoms with Crippen LogP contribution >= 0.6 is 11.3 Å². The first-order chi connectivity index (χ1) is 12.3. The molecule has 0 saturated carbocycles. The van der Waals surface area contributed by atoms with Crippen LogP contribution in [0.3, 0.4) is 0 Å². The quantitative estimate of drug-likeness (QED) is 0.718. The first-order valence-electron chi connectivity index (χ1n) is 8.96. The van der Waals surface area contributed by atoms with Gasteiger partial charge in [-0.15, -0.1) is 21.5 Å². The van der Waals surface area contributed by atoms with E-state index >= 15 is 0 Å². The Labute approximate surface area is 150 Å². The number of fused-ring (bicyclic) bond motifs is 2. The van der Waals surface area contributed by atoms with Crippen molar-refractivity contribution in [3.05, 3.63) is 34.6 Å². The molecule has 1 atom stereocenters. The molecule has 2 aliphatic heterocycles.